The number of allylic oxidation sites excluding steroid dienone is 5. The molecule has 0 spiro atoms. The van der Waals surface area contributed by atoms with E-state index in [9.17, 15) is 5.11 Å². The van der Waals surface area contributed by atoms with Crippen molar-refractivity contribution in [1.29, 1.82) is 0 Å². The van der Waals surface area contributed by atoms with Crippen LogP contribution < -0.4 is 0 Å². The van der Waals surface area contributed by atoms with Gasteiger partial charge in [0.1, 0.15) is 5.76 Å². The highest BCUT2D eigenvalue weighted by Crippen LogP contribution is 2.19. The standard InChI is InChI=1S/C15H24O/c1-6-9-12(4)10-11-14(13(5)7-2)15(16)8-3/h8,10-11,16H,5-7,9H2,1-4H3/b12-10-,14-11+,15-8+. The summed E-state index contributed by atoms with van der Waals surface area (Å²) in [5, 5.41) is 9.76. The van der Waals surface area contributed by atoms with Gasteiger partial charge in [-0.3, -0.25) is 0 Å². The smallest absolute Gasteiger partial charge is 0.118 e. The summed E-state index contributed by atoms with van der Waals surface area (Å²) in [7, 11) is 0. The zero-order valence-electron chi connectivity index (χ0n) is 11.0. The van der Waals surface area contributed by atoms with Gasteiger partial charge in [-0.1, -0.05) is 44.6 Å². The Morgan fingerprint density at radius 1 is 1.25 bits per heavy atom. The molecule has 0 fully saturated rings. The second kappa shape index (κ2) is 7.98. The van der Waals surface area contributed by atoms with Crippen molar-refractivity contribution in [2.24, 2.45) is 0 Å². The molecule has 0 saturated carbocycles. The largest absolute Gasteiger partial charge is 0.508 e. The second-order valence-corrected chi connectivity index (χ2v) is 3.97. The van der Waals surface area contributed by atoms with Crippen molar-refractivity contribution in [3.63, 3.8) is 0 Å². The van der Waals surface area contributed by atoms with Crippen LogP contribution in [0.15, 0.2) is 47.3 Å². The van der Waals surface area contributed by atoms with Gasteiger partial charge >= 0.3 is 0 Å². The van der Waals surface area contributed by atoms with Crippen LogP contribution in [0.1, 0.15) is 47.0 Å². The predicted octanol–water partition coefficient (Wildman–Crippen LogP) is 5.09. The maximum atomic E-state index is 9.76. The molecular weight excluding hydrogens is 196 g/mol. The minimum absolute atomic E-state index is 0.312. The van der Waals surface area contributed by atoms with Crippen molar-refractivity contribution in [3.8, 4) is 0 Å². The van der Waals surface area contributed by atoms with Crippen LogP contribution in [0.2, 0.25) is 0 Å². The highest BCUT2D eigenvalue weighted by Gasteiger charge is 2.04. The van der Waals surface area contributed by atoms with Crippen LogP contribution in [-0.2, 0) is 0 Å². The third-order valence-corrected chi connectivity index (χ3v) is 2.54. The molecular formula is C15H24O. The van der Waals surface area contributed by atoms with E-state index in [1.165, 1.54) is 5.57 Å². The Morgan fingerprint density at radius 3 is 2.31 bits per heavy atom. The molecule has 1 nitrogen and oxygen atoms in total. The summed E-state index contributed by atoms with van der Waals surface area (Å²) in [5.41, 5.74) is 3.14. The van der Waals surface area contributed by atoms with Crippen LogP contribution in [0.4, 0.5) is 0 Å². The summed E-state index contributed by atoms with van der Waals surface area (Å²) >= 11 is 0. The van der Waals surface area contributed by atoms with Gasteiger partial charge in [0.25, 0.3) is 0 Å². The molecule has 0 amide bonds. The number of rotatable bonds is 6. The average molecular weight is 220 g/mol. The molecule has 0 atom stereocenters. The SMILES string of the molecule is C=C(CC)C(=C\C=C(\C)CCC)/C(O)=C\C. The monoisotopic (exact) mass is 220 g/mol. The predicted molar refractivity (Wildman–Crippen MR) is 72.6 cm³/mol. The fourth-order valence-electron chi connectivity index (χ4n) is 1.43. The summed E-state index contributed by atoms with van der Waals surface area (Å²) < 4.78 is 0. The molecule has 0 aromatic carbocycles. The average Bonchev–Trinajstić information content (AvgIpc) is 2.28. The molecule has 1 N–H and O–H groups in total. The molecule has 0 bridgehead atoms. The van der Waals surface area contributed by atoms with Crippen molar-refractivity contribution in [3.05, 3.63) is 47.3 Å². The molecule has 0 aliphatic rings. The van der Waals surface area contributed by atoms with E-state index in [2.05, 4.69) is 26.5 Å². The summed E-state index contributed by atoms with van der Waals surface area (Å²) in [5.74, 6) is 0.312. The number of aliphatic hydroxyl groups excluding tert-OH is 1. The molecule has 0 aromatic heterocycles. The first kappa shape index (κ1) is 14.8. The minimum atomic E-state index is 0.312. The molecule has 0 aliphatic carbocycles. The molecule has 0 saturated heterocycles. The van der Waals surface area contributed by atoms with E-state index in [1.807, 2.05) is 19.9 Å². The first-order chi connectivity index (χ1) is 7.56. The maximum Gasteiger partial charge on any atom is 0.118 e. The zero-order valence-corrected chi connectivity index (χ0v) is 11.0. The first-order valence-electron chi connectivity index (χ1n) is 5.98. The number of hydrogen-bond acceptors (Lipinski definition) is 1. The Kier molecular flexibility index (Phi) is 7.36. The van der Waals surface area contributed by atoms with Crippen LogP contribution in [0.3, 0.4) is 0 Å². The molecule has 90 valence electrons. The third-order valence-electron chi connectivity index (χ3n) is 2.54. The van der Waals surface area contributed by atoms with Gasteiger partial charge in [-0.2, -0.15) is 0 Å². The third kappa shape index (κ3) is 5.01. The Hall–Kier alpha value is -1.24. The topological polar surface area (TPSA) is 20.2 Å². The lowest BCUT2D eigenvalue weighted by Gasteiger charge is -2.07. The Bertz CT molecular complexity index is 316. The van der Waals surface area contributed by atoms with E-state index in [0.29, 0.717) is 5.76 Å². The molecule has 0 radical (unpaired) electrons. The lowest BCUT2D eigenvalue weighted by molar-refractivity contribution is 0.423. The van der Waals surface area contributed by atoms with Gasteiger partial charge in [0.2, 0.25) is 0 Å². The van der Waals surface area contributed by atoms with Crippen molar-refractivity contribution in [1.82, 2.24) is 0 Å². The van der Waals surface area contributed by atoms with Crippen LogP contribution in [-0.4, -0.2) is 5.11 Å². The molecule has 0 aliphatic heterocycles. The summed E-state index contributed by atoms with van der Waals surface area (Å²) in [6.45, 7) is 12.1. The molecule has 0 heterocycles. The normalized spacial score (nSPS) is 14.1. The van der Waals surface area contributed by atoms with Crippen LogP contribution in [0.25, 0.3) is 0 Å². The fraction of sp³-hybridized carbons (Fsp3) is 0.467. The van der Waals surface area contributed by atoms with Gasteiger partial charge in [-0.15, -0.1) is 0 Å². The summed E-state index contributed by atoms with van der Waals surface area (Å²) in [6, 6.07) is 0. The number of hydrogen-bond donors (Lipinski definition) is 1. The van der Waals surface area contributed by atoms with E-state index >= 15 is 0 Å². The molecule has 1 heteroatoms. The van der Waals surface area contributed by atoms with E-state index in [0.717, 1.165) is 30.4 Å². The first-order valence-corrected chi connectivity index (χ1v) is 5.98. The van der Waals surface area contributed by atoms with E-state index in [1.54, 1.807) is 6.08 Å². The Morgan fingerprint density at radius 2 is 1.88 bits per heavy atom. The molecule has 0 aromatic rings. The van der Waals surface area contributed by atoms with Crippen LogP contribution in [0, 0.1) is 0 Å². The summed E-state index contributed by atoms with van der Waals surface area (Å²) in [4.78, 5) is 0. The molecule has 0 unspecified atom stereocenters. The second-order valence-electron chi connectivity index (χ2n) is 3.97. The van der Waals surface area contributed by atoms with Crippen LogP contribution in [0.5, 0.6) is 0 Å². The van der Waals surface area contributed by atoms with E-state index in [-0.39, 0.29) is 0 Å². The van der Waals surface area contributed by atoms with E-state index in [4.69, 9.17) is 0 Å². The van der Waals surface area contributed by atoms with Crippen molar-refractivity contribution in [2.45, 2.75) is 47.0 Å². The van der Waals surface area contributed by atoms with Crippen LogP contribution >= 0.6 is 0 Å². The Labute approximate surface area is 99.9 Å². The zero-order chi connectivity index (χ0) is 12.6. The summed E-state index contributed by atoms with van der Waals surface area (Å²) in [6.07, 6.45) is 8.83. The van der Waals surface area contributed by atoms with Gasteiger partial charge in [0.05, 0.1) is 0 Å². The quantitative estimate of drug-likeness (QED) is 0.488. The lowest BCUT2D eigenvalue weighted by Crippen LogP contribution is -1.91. The highest BCUT2D eigenvalue weighted by molar-refractivity contribution is 5.43. The van der Waals surface area contributed by atoms with Crippen molar-refractivity contribution < 1.29 is 5.11 Å². The van der Waals surface area contributed by atoms with Gasteiger partial charge in [-0.05, 0) is 38.3 Å². The van der Waals surface area contributed by atoms with Crippen molar-refractivity contribution >= 4 is 0 Å². The van der Waals surface area contributed by atoms with Crippen molar-refractivity contribution in [2.75, 3.05) is 0 Å². The lowest BCUT2D eigenvalue weighted by atomic mass is 10.0. The molecule has 0 rings (SSSR count). The number of aliphatic hydroxyl groups is 1. The van der Waals surface area contributed by atoms with Gasteiger partial charge < -0.3 is 5.11 Å². The van der Waals surface area contributed by atoms with Gasteiger partial charge in [-0.25, -0.2) is 0 Å². The fourth-order valence-corrected chi connectivity index (χ4v) is 1.43. The highest BCUT2D eigenvalue weighted by atomic mass is 16.3. The maximum absolute atomic E-state index is 9.76. The minimum Gasteiger partial charge on any atom is -0.508 e. The molecule has 16 heavy (non-hydrogen) atoms. The van der Waals surface area contributed by atoms with Gasteiger partial charge in [0.15, 0.2) is 0 Å². The van der Waals surface area contributed by atoms with E-state index < -0.39 is 0 Å². The van der Waals surface area contributed by atoms with Gasteiger partial charge in [0, 0.05) is 5.57 Å². The Balaban J connectivity index is 4.98.